The number of hydrogen-bond donors (Lipinski definition) is 1. The number of esters is 1. The summed E-state index contributed by atoms with van der Waals surface area (Å²) in [5.74, 6) is -0.898. The largest absolute Gasteiger partial charge is 0.464 e. The van der Waals surface area contributed by atoms with Gasteiger partial charge in [-0.2, -0.15) is 0 Å². The molecule has 0 saturated carbocycles. The van der Waals surface area contributed by atoms with Gasteiger partial charge in [0.15, 0.2) is 0 Å². The standard InChI is InChI=1S/C9H11ClN2O3/c1-12-5-6(11-8(13)4-10)3-7(12)9(14)15-2/h3,5H,4H2,1-2H3,(H,11,13). The lowest BCUT2D eigenvalue weighted by molar-refractivity contribution is -0.113. The van der Waals surface area contributed by atoms with Crippen LogP contribution in [0.1, 0.15) is 10.5 Å². The van der Waals surface area contributed by atoms with Crippen LogP contribution in [-0.2, 0) is 16.6 Å². The van der Waals surface area contributed by atoms with Crippen molar-refractivity contribution in [3.63, 3.8) is 0 Å². The first-order chi connectivity index (χ1) is 7.08. The monoisotopic (exact) mass is 230 g/mol. The Morgan fingerprint density at radius 1 is 1.60 bits per heavy atom. The van der Waals surface area contributed by atoms with Crippen molar-refractivity contribution >= 4 is 29.2 Å². The number of rotatable bonds is 3. The van der Waals surface area contributed by atoms with Gasteiger partial charge in [0, 0.05) is 13.2 Å². The van der Waals surface area contributed by atoms with Gasteiger partial charge in [0.2, 0.25) is 5.91 Å². The summed E-state index contributed by atoms with van der Waals surface area (Å²) in [4.78, 5) is 22.2. The van der Waals surface area contributed by atoms with Crippen LogP contribution in [0.4, 0.5) is 5.69 Å². The second-order valence-corrected chi connectivity index (χ2v) is 3.17. The Morgan fingerprint density at radius 2 is 2.27 bits per heavy atom. The molecule has 0 radical (unpaired) electrons. The molecule has 1 amide bonds. The van der Waals surface area contributed by atoms with Crippen LogP contribution in [-0.4, -0.2) is 29.4 Å². The van der Waals surface area contributed by atoms with Gasteiger partial charge in [-0.15, -0.1) is 11.6 Å². The molecule has 1 rings (SSSR count). The van der Waals surface area contributed by atoms with Gasteiger partial charge in [-0.05, 0) is 6.07 Å². The summed E-state index contributed by atoms with van der Waals surface area (Å²) in [6.45, 7) is 0. The minimum Gasteiger partial charge on any atom is -0.464 e. The van der Waals surface area contributed by atoms with Gasteiger partial charge in [-0.3, -0.25) is 4.79 Å². The molecule has 0 spiro atoms. The number of amides is 1. The summed E-state index contributed by atoms with van der Waals surface area (Å²) in [5.41, 5.74) is 0.880. The van der Waals surface area contributed by atoms with Crippen LogP contribution in [0.2, 0.25) is 0 Å². The van der Waals surface area contributed by atoms with Gasteiger partial charge < -0.3 is 14.6 Å². The molecule has 0 aromatic carbocycles. The van der Waals surface area contributed by atoms with E-state index in [0.29, 0.717) is 11.4 Å². The highest BCUT2D eigenvalue weighted by molar-refractivity contribution is 6.29. The highest BCUT2D eigenvalue weighted by atomic mass is 35.5. The zero-order valence-electron chi connectivity index (χ0n) is 8.41. The third-order valence-corrected chi connectivity index (χ3v) is 2.05. The molecule has 82 valence electrons. The Morgan fingerprint density at radius 3 is 2.80 bits per heavy atom. The lowest BCUT2D eigenvalue weighted by Crippen LogP contribution is -2.11. The first-order valence-corrected chi connectivity index (χ1v) is 4.72. The Balaban J connectivity index is 2.86. The SMILES string of the molecule is COC(=O)c1cc(NC(=O)CCl)cn1C. The summed E-state index contributed by atoms with van der Waals surface area (Å²) < 4.78 is 6.13. The predicted molar refractivity (Wildman–Crippen MR) is 56.1 cm³/mol. The van der Waals surface area contributed by atoms with E-state index in [-0.39, 0.29) is 11.8 Å². The fourth-order valence-corrected chi connectivity index (χ4v) is 1.20. The van der Waals surface area contributed by atoms with E-state index in [1.165, 1.54) is 13.2 Å². The maximum Gasteiger partial charge on any atom is 0.354 e. The second-order valence-electron chi connectivity index (χ2n) is 2.90. The molecule has 0 unspecified atom stereocenters. The van der Waals surface area contributed by atoms with E-state index < -0.39 is 5.97 Å². The molecule has 6 heteroatoms. The fraction of sp³-hybridized carbons (Fsp3) is 0.333. The van der Waals surface area contributed by atoms with Crippen molar-refractivity contribution in [1.29, 1.82) is 0 Å². The summed E-state index contributed by atoms with van der Waals surface area (Å²) in [6.07, 6.45) is 1.61. The number of alkyl halides is 1. The van der Waals surface area contributed by atoms with Crippen molar-refractivity contribution in [2.45, 2.75) is 0 Å². The first-order valence-electron chi connectivity index (χ1n) is 4.19. The lowest BCUT2D eigenvalue weighted by Gasteiger charge is -1.98. The summed E-state index contributed by atoms with van der Waals surface area (Å²) in [7, 11) is 2.98. The number of nitrogens with one attached hydrogen (secondary N) is 1. The molecule has 1 N–H and O–H groups in total. The van der Waals surface area contributed by atoms with Crippen molar-refractivity contribution in [3.05, 3.63) is 18.0 Å². The van der Waals surface area contributed by atoms with E-state index >= 15 is 0 Å². The zero-order valence-corrected chi connectivity index (χ0v) is 9.17. The molecule has 1 aromatic heterocycles. The average Bonchev–Trinajstić information content (AvgIpc) is 2.58. The summed E-state index contributed by atoms with van der Waals surface area (Å²) in [6, 6.07) is 1.52. The molecule has 5 nitrogen and oxygen atoms in total. The molecule has 0 aliphatic rings. The third-order valence-electron chi connectivity index (χ3n) is 1.80. The van der Waals surface area contributed by atoms with Gasteiger partial charge in [0.05, 0.1) is 12.8 Å². The molecule has 0 fully saturated rings. The Labute approximate surface area is 92.0 Å². The number of methoxy groups -OCH3 is 1. The van der Waals surface area contributed by atoms with Crippen LogP contribution in [0.15, 0.2) is 12.3 Å². The van der Waals surface area contributed by atoms with E-state index in [0.717, 1.165) is 0 Å². The summed E-state index contributed by atoms with van der Waals surface area (Å²) in [5, 5.41) is 2.53. The normalized spacial score (nSPS) is 9.80. The van der Waals surface area contributed by atoms with Crippen LogP contribution in [0, 0.1) is 0 Å². The van der Waals surface area contributed by atoms with Crippen molar-refractivity contribution in [3.8, 4) is 0 Å². The number of halogens is 1. The highest BCUT2D eigenvalue weighted by Gasteiger charge is 2.12. The van der Waals surface area contributed by atoms with Gasteiger partial charge >= 0.3 is 5.97 Å². The average molecular weight is 231 g/mol. The molecule has 0 bridgehead atoms. The fourth-order valence-electron chi connectivity index (χ4n) is 1.13. The number of aryl methyl sites for hydroxylation is 1. The second kappa shape index (κ2) is 4.84. The van der Waals surface area contributed by atoms with Crippen molar-refractivity contribution in [2.24, 2.45) is 7.05 Å². The smallest absolute Gasteiger partial charge is 0.354 e. The molecular formula is C9H11ClN2O3. The molecule has 0 saturated heterocycles. The quantitative estimate of drug-likeness (QED) is 0.622. The van der Waals surface area contributed by atoms with Crippen LogP contribution < -0.4 is 5.32 Å². The van der Waals surface area contributed by atoms with Crippen molar-refractivity contribution in [1.82, 2.24) is 4.57 Å². The van der Waals surface area contributed by atoms with E-state index in [1.807, 2.05) is 0 Å². The maximum atomic E-state index is 11.2. The number of carbonyl (C=O) groups is 2. The molecule has 1 heterocycles. The predicted octanol–water partition coefficient (Wildman–Crippen LogP) is 0.989. The van der Waals surface area contributed by atoms with Crippen molar-refractivity contribution in [2.75, 3.05) is 18.3 Å². The Kier molecular flexibility index (Phi) is 3.74. The van der Waals surface area contributed by atoms with Gasteiger partial charge in [-0.25, -0.2) is 4.79 Å². The molecule has 0 aliphatic heterocycles. The van der Waals surface area contributed by atoms with Gasteiger partial charge in [0.25, 0.3) is 0 Å². The van der Waals surface area contributed by atoms with Crippen LogP contribution in [0.5, 0.6) is 0 Å². The van der Waals surface area contributed by atoms with Crippen LogP contribution in [0.3, 0.4) is 0 Å². The van der Waals surface area contributed by atoms with Gasteiger partial charge in [-0.1, -0.05) is 0 Å². The molecule has 1 aromatic rings. The zero-order chi connectivity index (χ0) is 11.4. The lowest BCUT2D eigenvalue weighted by atomic mass is 10.4. The highest BCUT2D eigenvalue weighted by Crippen LogP contribution is 2.13. The van der Waals surface area contributed by atoms with E-state index in [1.54, 1.807) is 17.8 Å². The third kappa shape index (κ3) is 2.73. The molecule has 0 aliphatic carbocycles. The van der Waals surface area contributed by atoms with E-state index in [9.17, 15) is 9.59 Å². The Hall–Kier alpha value is -1.49. The Bertz CT molecular complexity index is 387. The molecular weight excluding hydrogens is 220 g/mol. The van der Waals surface area contributed by atoms with E-state index in [4.69, 9.17) is 11.6 Å². The number of hydrogen-bond acceptors (Lipinski definition) is 3. The number of aromatic nitrogens is 1. The van der Waals surface area contributed by atoms with Crippen LogP contribution in [0.25, 0.3) is 0 Å². The maximum absolute atomic E-state index is 11.2. The molecule has 0 atom stereocenters. The number of nitrogens with zero attached hydrogens (tertiary/aromatic N) is 1. The summed E-state index contributed by atoms with van der Waals surface area (Å²) >= 11 is 5.33. The number of carbonyl (C=O) groups excluding carboxylic acids is 2. The van der Waals surface area contributed by atoms with Crippen molar-refractivity contribution < 1.29 is 14.3 Å². The first kappa shape index (κ1) is 11.6. The molecule has 15 heavy (non-hydrogen) atoms. The minimum atomic E-state index is -0.455. The van der Waals surface area contributed by atoms with Gasteiger partial charge in [0.1, 0.15) is 11.6 Å². The minimum absolute atomic E-state index is 0.123. The van der Waals surface area contributed by atoms with E-state index in [2.05, 4.69) is 10.1 Å². The topological polar surface area (TPSA) is 60.3 Å². The number of ether oxygens (including phenoxy) is 1. The number of anilines is 1. The van der Waals surface area contributed by atoms with Crippen LogP contribution >= 0.6 is 11.6 Å².